The molecule has 2 amide bonds. The first-order valence-corrected chi connectivity index (χ1v) is 7.95. The zero-order valence-corrected chi connectivity index (χ0v) is 13.4. The van der Waals surface area contributed by atoms with E-state index in [9.17, 15) is 4.79 Å². The summed E-state index contributed by atoms with van der Waals surface area (Å²) in [7, 11) is 0. The maximum absolute atomic E-state index is 11.8. The number of anilines is 1. The molecule has 2 rings (SSSR count). The van der Waals surface area contributed by atoms with Gasteiger partial charge in [-0.1, -0.05) is 31.4 Å². The van der Waals surface area contributed by atoms with E-state index in [4.69, 9.17) is 0 Å². The van der Waals surface area contributed by atoms with Crippen molar-refractivity contribution in [3.05, 3.63) is 40.5 Å². The molecule has 1 aliphatic carbocycles. The average Bonchev–Trinajstić information content (AvgIpc) is 2.43. The lowest BCUT2D eigenvalue weighted by Crippen LogP contribution is -2.24. The fraction of sp³-hybridized carbons (Fsp3) is 0.438. The molecule has 4 heteroatoms. The number of nitrogens with one attached hydrogen (secondary N) is 2. The second kappa shape index (κ2) is 7.48. The summed E-state index contributed by atoms with van der Waals surface area (Å²) < 4.78 is 0.893. The Labute approximate surface area is 129 Å². The van der Waals surface area contributed by atoms with E-state index in [-0.39, 0.29) is 6.03 Å². The Bertz CT molecular complexity index is 493. The molecule has 1 aromatic rings. The van der Waals surface area contributed by atoms with Crippen LogP contribution in [0.4, 0.5) is 10.5 Å². The number of halogens is 1. The van der Waals surface area contributed by atoms with Gasteiger partial charge in [0.25, 0.3) is 0 Å². The number of rotatable bonds is 3. The van der Waals surface area contributed by atoms with Crippen LogP contribution in [0.1, 0.15) is 37.7 Å². The monoisotopic (exact) mass is 336 g/mol. The highest BCUT2D eigenvalue weighted by molar-refractivity contribution is 9.10. The molecule has 1 aromatic carbocycles. The number of hydrogen-bond acceptors (Lipinski definition) is 1. The third kappa shape index (κ3) is 4.67. The lowest BCUT2D eigenvalue weighted by molar-refractivity contribution is 0.255. The first kappa shape index (κ1) is 15.1. The van der Waals surface area contributed by atoms with Gasteiger partial charge in [0.05, 0.1) is 5.69 Å². The number of urea groups is 1. The summed E-state index contributed by atoms with van der Waals surface area (Å²) in [6, 6.07) is 5.64. The number of carbonyl (C=O) groups is 1. The summed E-state index contributed by atoms with van der Waals surface area (Å²) in [5.74, 6) is 0.621. The van der Waals surface area contributed by atoms with Crippen LogP contribution in [-0.2, 0) is 0 Å². The van der Waals surface area contributed by atoms with Crippen molar-refractivity contribution in [3.8, 4) is 0 Å². The van der Waals surface area contributed by atoms with Gasteiger partial charge in [-0.25, -0.2) is 4.79 Å². The number of aryl methyl sites for hydroxylation is 1. The first-order chi connectivity index (χ1) is 9.65. The van der Waals surface area contributed by atoms with Crippen LogP contribution in [0.25, 0.3) is 0 Å². The Morgan fingerprint density at radius 1 is 1.30 bits per heavy atom. The Morgan fingerprint density at radius 2 is 2.05 bits per heavy atom. The molecule has 2 N–H and O–H groups in total. The van der Waals surface area contributed by atoms with Gasteiger partial charge in [0, 0.05) is 10.7 Å². The summed E-state index contributed by atoms with van der Waals surface area (Å²) in [5, 5.41) is 5.60. The molecule has 1 aliphatic rings. The summed E-state index contributed by atoms with van der Waals surface area (Å²) >= 11 is 3.45. The minimum absolute atomic E-state index is 0.207. The van der Waals surface area contributed by atoms with Crippen LogP contribution in [0, 0.1) is 12.8 Å². The minimum Gasteiger partial charge on any atom is -0.315 e. The molecule has 1 fully saturated rings. The van der Waals surface area contributed by atoms with E-state index in [1.165, 1.54) is 32.1 Å². The Hall–Kier alpha value is -1.29. The van der Waals surface area contributed by atoms with E-state index >= 15 is 0 Å². The molecule has 0 aliphatic heterocycles. The largest absolute Gasteiger partial charge is 0.323 e. The molecule has 108 valence electrons. The van der Waals surface area contributed by atoms with Crippen LogP contribution in [0.15, 0.2) is 34.9 Å². The molecule has 20 heavy (non-hydrogen) atoms. The molecule has 3 nitrogen and oxygen atoms in total. The summed E-state index contributed by atoms with van der Waals surface area (Å²) in [4.78, 5) is 11.8. The lowest BCUT2D eigenvalue weighted by atomic mass is 9.89. The Morgan fingerprint density at radius 3 is 2.75 bits per heavy atom. The molecule has 0 spiro atoms. The highest BCUT2D eigenvalue weighted by atomic mass is 79.9. The van der Waals surface area contributed by atoms with Gasteiger partial charge in [0.15, 0.2) is 0 Å². The number of carbonyl (C=O) groups excluding carboxylic acids is 1. The third-order valence-electron chi connectivity index (χ3n) is 3.61. The van der Waals surface area contributed by atoms with Crippen LogP contribution in [-0.4, -0.2) is 6.03 Å². The van der Waals surface area contributed by atoms with Gasteiger partial charge in [-0.05, 0) is 59.3 Å². The van der Waals surface area contributed by atoms with E-state index in [1.807, 2.05) is 25.1 Å². The SMILES string of the molecule is Cc1ccc(NC(=O)N/C=C/C2CCCCC2)c(Br)c1. The summed E-state index contributed by atoms with van der Waals surface area (Å²) in [6.07, 6.45) is 10.3. The predicted octanol–water partition coefficient (Wildman–Crippen LogP) is 4.97. The van der Waals surface area contributed by atoms with Gasteiger partial charge in [-0.2, -0.15) is 0 Å². The van der Waals surface area contributed by atoms with Crippen LogP contribution in [0.5, 0.6) is 0 Å². The molecule has 0 saturated heterocycles. The molecule has 0 unspecified atom stereocenters. The second-order valence-electron chi connectivity index (χ2n) is 5.34. The number of amides is 2. The van der Waals surface area contributed by atoms with Crippen molar-refractivity contribution in [1.82, 2.24) is 5.32 Å². The smallest absolute Gasteiger partial charge is 0.315 e. The van der Waals surface area contributed by atoms with E-state index in [0.717, 1.165) is 15.7 Å². The van der Waals surface area contributed by atoms with Gasteiger partial charge in [0.1, 0.15) is 0 Å². The minimum atomic E-state index is -0.207. The van der Waals surface area contributed by atoms with E-state index in [1.54, 1.807) is 6.20 Å². The predicted molar refractivity (Wildman–Crippen MR) is 86.7 cm³/mol. The normalized spacial score (nSPS) is 16.3. The van der Waals surface area contributed by atoms with Crippen molar-refractivity contribution in [1.29, 1.82) is 0 Å². The molecule has 0 aromatic heterocycles. The standard InChI is InChI=1S/C16H21BrN2O/c1-12-7-8-15(14(17)11-12)19-16(20)18-10-9-13-5-3-2-4-6-13/h7-11,13H,2-6H2,1H3,(H2,18,19,20)/b10-9+. The van der Waals surface area contributed by atoms with Crippen molar-refractivity contribution < 1.29 is 4.79 Å². The number of benzene rings is 1. The zero-order valence-electron chi connectivity index (χ0n) is 11.8. The molecule has 1 saturated carbocycles. The van der Waals surface area contributed by atoms with Gasteiger partial charge in [-0.15, -0.1) is 0 Å². The quantitative estimate of drug-likeness (QED) is 0.803. The van der Waals surface area contributed by atoms with Crippen molar-refractivity contribution >= 4 is 27.6 Å². The van der Waals surface area contributed by atoms with Crippen molar-refractivity contribution in [2.45, 2.75) is 39.0 Å². The lowest BCUT2D eigenvalue weighted by Gasteiger charge is -2.17. The number of hydrogen-bond donors (Lipinski definition) is 2. The molecule has 0 heterocycles. The number of allylic oxidation sites excluding steroid dienone is 1. The highest BCUT2D eigenvalue weighted by Crippen LogP contribution is 2.24. The van der Waals surface area contributed by atoms with Crippen LogP contribution < -0.4 is 10.6 Å². The van der Waals surface area contributed by atoms with Gasteiger partial charge in [0.2, 0.25) is 0 Å². The molecular formula is C16H21BrN2O. The topological polar surface area (TPSA) is 41.1 Å². The maximum Gasteiger partial charge on any atom is 0.323 e. The molecule has 0 atom stereocenters. The molecule has 0 bridgehead atoms. The molecular weight excluding hydrogens is 316 g/mol. The Kier molecular flexibility index (Phi) is 5.65. The highest BCUT2D eigenvalue weighted by Gasteiger charge is 2.10. The van der Waals surface area contributed by atoms with E-state index in [2.05, 4.69) is 32.6 Å². The summed E-state index contributed by atoms with van der Waals surface area (Å²) in [5.41, 5.74) is 1.93. The van der Waals surface area contributed by atoms with E-state index < -0.39 is 0 Å². The molecule has 0 radical (unpaired) electrons. The van der Waals surface area contributed by atoms with Crippen LogP contribution in [0.2, 0.25) is 0 Å². The zero-order chi connectivity index (χ0) is 14.4. The third-order valence-corrected chi connectivity index (χ3v) is 4.26. The van der Waals surface area contributed by atoms with Crippen LogP contribution >= 0.6 is 15.9 Å². The van der Waals surface area contributed by atoms with Crippen molar-refractivity contribution in [2.75, 3.05) is 5.32 Å². The Balaban J connectivity index is 1.81. The van der Waals surface area contributed by atoms with Gasteiger partial charge >= 0.3 is 6.03 Å². The second-order valence-corrected chi connectivity index (χ2v) is 6.19. The summed E-state index contributed by atoms with van der Waals surface area (Å²) in [6.45, 7) is 2.02. The van der Waals surface area contributed by atoms with Crippen molar-refractivity contribution in [2.24, 2.45) is 5.92 Å². The fourth-order valence-corrected chi connectivity index (χ4v) is 3.06. The maximum atomic E-state index is 11.8. The first-order valence-electron chi connectivity index (χ1n) is 7.15. The van der Waals surface area contributed by atoms with Crippen LogP contribution in [0.3, 0.4) is 0 Å². The fourth-order valence-electron chi connectivity index (χ4n) is 2.47. The van der Waals surface area contributed by atoms with Crippen molar-refractivity contribution in [3.63, 3.8) is 0 Å². The average molecular weight is 337 g/mol. The van der Waals surface area contributed by atoms with Gasteiger partial charge < -0.3 is 10.6 Å². The van der Waals surface area contributed by atoms with Gasteiger partial charge in [-0.3, -0.25) is 0 Å². The van der Waals surface area contributed by atoms with E-state index in [0.29, 0.717) is 5.92 Å².